The van der Waals surface area contributed by atoms with Crippen molar-refractivity contribution in [1.29, 1.82) is 0 Å². The van der Waals surface area contributed by atoms with E-state index in [0.717, 1.165) is 54.7 Å². The highest BCUT2D eigenvalue weighted by Gasteiger charge is 2.34. The molecule has 1 aromatic carbocycles. The van der Waals surface area contributed by atoms with E-state index in [2.05, 4.69) is 22.0 Å². The van der Waals surface area contributed by atoms with Gasteiger partial charge in [-0.05, 0) is 55.7 Å². The third-order valence-electron chi connectivity index (χ3n) is 5.90. The average molecular weight is 408 g/mol. The molecule has 5 nitrogen and oxygen atoms in total. The number of rotatable bonds is 4. The molecule has 7 heteroatoms. The molecule has 5 rings (SSSR count). The van der Waals surface area contributed by atoms with Crippen molar-refractivity contribution in [1.82, 2.24) is 14.6 Å². The molecule has 2 aliphatic rings. The molecule has 1 saturated heterocycles. The van der Waals surface area contributed by atoms with Gasteiger partial charge in [-0.15, -0.1) is 5.10 Å². The number of anilines is 1. The maximum absolute atomic E-state index is 14.6. The Kier molecular flexibility index (Phi) is 4.73. The van der Waals surface area contributed by atoms with Crippen LogP contribution in [0.3, 0.4) is 0 Å². The lowest BCUT2D eigenvalue weighted by Crippen LogP contribution is -2.25. The zero-order valence-electron chi connectivity index (χ0n) is 16.6. The van der Waals surface area contributed by atoms with Gasteiger partial charge in [-0.1, -0.05) is 6.08 Å². The van der Waals surface area contributed by atoms with Gasteiger partial charge < -0.3 is 9.64 Å². The molecular formula is C23H22F2N4O. The fraction of sp³-hybridized carbons (Fsp3) is 0.304. The molecule has 2 aromatic heterocycles. The third kappa shape index (κ3) is 3.14. The van der Waals surface area contributed by atoms with Crippen LogP contribution in [0.5, 0.6) is 0 Å². The summed E-state index contributed by atoms with van der Waals surface area (Å²) in [6.45, 7) is 0.723. The molecule has 3 aromatic rings. The number of methoxy groups -OCH3 is 1. The van der Waals surface area contributed by atoms with Crippen LogP contribution in [0.15, 0.2) is 60.6 Å². The molecule has 0 radical (unpaired) electrons. The van der Waals surface area contributed by atoms with E-state index in [0.29, 0.717) is 5.56 Å². The number of nitrogens with zero attached hydrogens (tertiary/aromatic N) is 4. The average Bonchev–Trinajstić information content (AvgIpc) is 3.40. The van der Waals surface area contributed by atoms with Crippen LogP contribution in [0, 0.1) is 11.6 Å². The Morgan fingerprint density at radius 3 is 3.00 bits per heavy atom. The first-order chi connectivity index (χ1) is 14.7. The molecule has 3 heterocycles. The Morgan fingerprint density at radius 2 is 2.13 bits per heavy atom. The maximum atomic E-state index is 14.6. The maximum Gasteiger partial charge on any atom is 0.160 e. The molecule has 1 aliphatic heterocycles. The number of aromatic nitrogens is 3. The molecule has 0 N–H and O–H groups in total. The van der Waals surface area contributed by atoms with Crippen molar-refractivity contribution in [2.24, 2.45) is 0 Å². The minimum absolute atomic E-state index is 0.0333. The minimum atomic E-state index is -0.430. The van der Waals surface area contributed by atoms with Gasteiger partial charge in [-0.3, -0.25) is 0 Å². The van der Waals surface area contributed by atoms with Crippen LogP contribution in [-0.4, -0.2) is 28.3 Å². The summed E-state index contributed by atoms with van der Waals surface area (Å²) in [7, 11) is 1.65. The van der Waals surface area contributed by atoms with Crippen molar-refractivity contribution >= 4 is 11.5 Å². The predicted octanol–water partition coefficient (Wildman–Crippen LogP) is 4.92. The third-order valence-corrected chi connectivity index (χ3v) is 5.90. The Hall–Kier alpha value is -3.22. The first kappa shape index (κ1) is 18.8. The van der Waals surface area contributed by atoms with E-state index in [-0.39, 0.29) is 17.8 Å². The lowest BCUT2D eigenvalue weighted by Gasteiger charge is -2.28. The van der Waals surface area contributed by atoms with Gasteiger partial charge in [-0.25, -0.2) is 18.3 Å². The van der Waals surface area contributed by atoms with Gasteiger partial charge in [0.25, 0.3) is 0 Å². The summed E-state index contributed by atoms with van der Waals surface area (Å²) in [5.41, 5.74) is 2.13. The number of hydrogen-bond donors (Lipinski definition) is 0. The Balaban J connectivity index is 1.64. The molecule has 30 heavy (non-hydrogen) atoms. The molecule has 1 fully saturated rings. The zero-order chi connectivity index (χ0) is 20.7. The number of benzene rings is 1. The van der Waals surface area contributed by atoms with Gasteiger partial charge in [0.05, 0.1) is 13.2 Å². The highest BCUT2D eigenvalue weighted by atomic mass is 19.1. The standard InChI is InChI=1S/C23H22F2N4O/c1-30-17-6-2-5-15(13-17)21-22-26-10-4-12-29(22)27-23(21)28-11-3-7-20(28)18-14-16(24)8-9-19(18)25/h2,4,6,8-10,12-15,20H,3,5,7,11H2,1H3/t15-,20?/m1/s1. The van der Waals surface area contributed by atoms with Crippen LogP contribution in [0.25, 0.3) is 5.65 Å². The second-order valence-electron chi connectivity index (χ2n) is 7.66. The summed E-state index contributed by atoms with van der Waals surface area (Å²) >= 11 is 0. The fourth-order valence-corrected chi connectivity index (χ4v) is 4.54. The molecule has 0 bridgehead atoms. The number of fused-ring (bicyclic) bond motifs is 1. The molecule has 154 valence electrons. The molecule has 2 atom stereocenters. The van der Waals surface area contributed by atoms with E-state index in [4.69, 9.17) is 9.84 Å². The van der Waals surface area contributed by atoms with E-state index < -0.39 is 5.82 Å². The second kappa shape index (κ2) is 7.55. The lowest BCUT2D eigenvalue weighted by atomic mass is 9.92. The van der Waals surface area contributed by atoms with Gasteiger partial charge in [0.15, 0.2) is 11.5 Å². The van der Waals surface area contributed by atoms with E-state index in [1.54, 1.807) is 17.8 Å². The van der Waals surface area contributed by atoms with Crippen molar-refractivity contribution in [3.05, 3.63) is 83.4 Å². The van der Waals surface area contributed by atoms with Gasteiger partial charge in [0.2, 0.25) is 0 Å². The topological polar surface area (TPSA) is 42.7 Å². The summed E-state index contributed by atoms with van der Waals surface area (Å²) in [6, 6.07) is 5.22. The zero-order valence-corrected chi connectivity index (χ0v) is 16.6. The largest absolute Gasteiger partial charge is 0.497 e. The van der Waals surface area contributed by atoms with Crippen molar-refractivity contribution in [2.75, 3.05) is 18.6 Å². The molecule has 0 saturated carbocycles. The number of allylic oxidation sites excluding steroid dienone is 3. The van der Waals surface area contributed by atoms with Gasteiger partial charge in [0, 0.05) is 36.0 Å². The summed E-state index contributed by atoms with van der Waals surface area (Å²) in [4.78, 5) is 6.67. The smallest absolute Gasteiger partial charge is 0.160 e. The van der Waals surface area contributed by atoms with Crippen molar-refractivity contribution in [3.8, 4) is 0 Å². The molecule has 1 aliphatic carbocycles. The Bertz CT molecular complexity index is 1150. The number of halogens is 2. The molecule has 0 spiro atoms. The predicted molar refractivity (Wildman–Crippen MR) is 110 cm³/mol. The highest BCUT2D eigenvalue weighted by Crippen LogP contribution is 2.43. The molecule has 1 unspecified atom stereocenters. The van der Waals surface area contributed by atoms with Gasteiger partial charge >= 0.3 is 0 Å². The van der Waals surface area contributed by atoms with Crippen molar-refractivity contribution in [2.45, 2.75) is 31.2 Å². The van der Waals surface area contributed by atoms with Gasteiger partial charge in [0.1, 0.15) is 17.4 Å². The fourth-order valence-electron chi connectivity index (χ4n) is 4.54. The SMILES string of the molecule is COC1=C[C@H](c2c(N3CCCC3c3cc(F)ccc3F)nn3cccnc23)CC=C1. The second-order valence-corrected chi connectivity index (χ2v) is 7.66. The van der Waals surface area contributed by atoms with Crippen LogP contribution in [0.2, 0.25) is 0 Å². The van der Waals surface area contributed by atoms with Crippen molar-refractivity contribution < 1.29 is 13.5 Å². The van der Waals surface area contributed by atoms with Crippen molar-refractivity contribution in [3.63, 3.8) is 0 Å². The van der Waals surface area contributed by atoms with E-state index in [1.807, 2.05) is 18.3 Å². The summed E-state index contributed by atoms with van der Waals surface area (Å²) in [5, 5.41) is 4.82. The number of hydrogen-bond acceptors (Lipinski definition) is 4. The lowest BCUT2D eigenvalue weighted by molar-refractivity contribution is 0.302. The van der Waals surface area contributed by atoms with E-state index in [9.17, 15) is 8.78 Å². The Labute approximate surface area is 173 Å². The first-order valence-electron chi connectivity index (χ1n) is 10.1. The summed E-state index contributed by atoms with van der Waals surface area (Å²) in [5.74, 6) is 0.776. The quantitative estimate of drug-likeness (QED) is 0.614. The number of ether oxygens (including phenoxy) is 1. The minimum Gasteiger partial charge on any atom is -0.497 e. The van der Waals surface area contributed by atoms with E-state index >= 15 is 0 Å². The van der Waals surface area contributed by atoms with Crippen LogP contribution in [-0.2, 0) is 4.74 Å². The van der Waals surface area contributed by atoms with Gasteiger partial charge in [-0.2, -0.15) is 0 Å². The normalized spacial score (nSPS) is 21.3. The summed E-state index contributed by atoms with van der Waals surface area (Å²) in [6.07, 6.45) is 12.1. The van der Waals surface area contributed by atoms with Crippen LogP contribution in [0.1, 0.15) is 42.3 Å². The Morgan fingerprint density at radius 1 is 1.23 bits per heavy atom. The highest BCUT2D eigenvalue weighted by molar-refractivity contribution is 5.66. The first-order valence-corrected chi connectivity index (χ1v) is 10.1. The molecular weight excluding hydrogens is 386 g/mol. The molecule has 0 amide bonds. The van der Waals surface area contributed by atoms with Crippen LogP contribution in [0.4, 0.5) is 14.6 Å². The van der Waals surface area contributed by atoms with E-state index in [1.165, 1.54) is 12.1 Å². The summed E-state index contributed by atoms with van der Waals surface area (Å²) < 4.78 is 35.7. The monoisotopic (exact) mass is 408 g/mol. The van der Waals surface area contributed by atoms with Crippen LogP contribution < -0.4 is 4.90 Å². The van der Waals surface area contributed by atoms with Crippen LogP contribution >= 0.6 is 0 Å².